The lowest BCUT2D eigenvalue weighted by atomic mass is 10.0. The standard InChI is InChI=1S/C21H26O4/c1-2-14-24-15-18(22)16-25-21-11-7-6-10-19(21)20(23)13-12-17-8-4-3-5-9-17/h3-11,18,22H,2,12-16H2,1H3. The zero-order valence-corrected chi connectivity index (χ0v) is 14.7. The Morgan fingerprint density at radius 2 is 1.76 bits per heavy atom. The van der Waals surface area contributed by atoms with E-state index in [0.29, 0.717) is 30.8 Å². The maximum atomic E-state index is 12.5. The highest BCUT2D eigenvalue weighted by atomic mass is 16.5. The smallest absolute Gasteiger partial charge is 0.166 e. The molecule has 0 heterocycles. The number of rotatable bonds is 11. The molecule has 0 fully saturated rings. The SMILES string of the molecule is CCCOCC(O)COc1ccccc1C(=O)CCc1ccccc1. The van der Waals surface area contributed by atoms with E-state index in [2.05, 4.69) is 0 Å². The molecule has 0 saturated carbocycles. The molecule has 0 amide bonds. The molecule has 0 aromatic heterocycles. The van der Waals surface area contributed by atoms with Crippen molar-refractivity contribution in [2.45, 2.75) is 32.3 Å². The van der Waals surface area contributed by atoms with Gasteiger partial charge in [0.1, 0.15) is 18.5 Å². The van der Waals surface area contributed by atoms with Crippen LogP contribution >= 0.6 is 0 Å². The predicted octanol–water partition coefficient (Wildman–Crippen LogP) is 3.67. The molecule has 2 rings (SSSR count). The Bertz CT molecular complexity index is 639. The maximum Gasteiger partial charge on any atom is 0.166 e. The number of carbonyl (C=O) groups excluding carboxylic acids is 1. The lowest BCUT2D eigenvalue weighted by Gasteiger charge is -2.14. The summed E-state index contributed by atoms with van der Waals surface area (Å²) in [5.41, 5.74) is 1.69. The van der Waals surface area contributed by atoms with Crippen molar-refractivity contribution in [3.05, 3.63) is 65.7 Å². The largest absolute Gasteiger partial charge is 0.490 e. The lowest BCUT2D eigenvalue weighted by Crippen LogP contribution is -2.24. The van der Waals surface area contributed by atoms with Gasteiger partial charge in [0.05, 0.1) is 12.2 Å². The monoisotopic (exact) mass is 342 g/mol. The molecule has 2 aromatic carbocycles. The Balaban J connectivity index is 1.89. The van der Waals surface area contributed by atoms with E-state index in [1.54, 1.807) is 12.1 Å². The number of hydrogen-bond acceptors (Lipinski definition) is 4. The molecular weight excluding hydrogens is 316 g/mol. The normalized spacial score (nSPS) is 11.9. The highest BCUT2D eigenvalue weighted by molar-refractivity contribution is 5.98. The van der Waals surface area contributed by atoms with Crippen LogP contribution in [0.2, 0.25) is 0 Å². The van der Waals surface area contributed by atoms with E-state index in [0.717, 1.165) is 12.0 Å². The zero-order valence-electron chi connectivity index (χ0n) is 14.7. The highest BCUT2D eigenvalue weighted by Crippen LogP contribution is 2.21. The number of aryl methyl sites for hydroxylation is 1. The molecule has 0 radical (unpaired) electrons. The minimum atomic E-state index is -0.709. The van der Waals surface area contributed by atoms with Gasteiger partial charge in [0.15, 0.2) is 5.78 Å². The van der Waals surface area contributed by atoms with Crippen molar-refractivity contribution in [2.75, 3.05) is 19.8 Å². The topological polar surface area (TPSA) is 55.8 Å². The fourth-order valence-electron chi connectivity index (χ4n) is 2.46. The van der Waals surface area contributed by atoms with Crippen molar-refractivity contribution < 1.29 is 19.4 Å². The summed E-state index contributed by atoms with van der Waals surface area (Å²) in [7, 11) is 0. The molecule has 4 heteroatoms. The van der Waals surface area contributed by atoms with Crippen LogP contribution in [0.25, 0.3) is 0 Å². The number of aliphatic hydroxyl groups excluding tert-OH is 1. The number of hydrogen-bond donors (Lipinski definition) is 1. The average Bonchev–Trinajstić information content (AvgIpc) is 2.66. The van der Waals surface area contributed by atoms with Gasteiger partial charge in [-0.1, -0.05) is 49.4 Å². The fraction of sp³-hybridized carbons (Fsp3) is 0.381. The number of Topliss-reactive ketones (excluding diaryl/α,β-unsaturated/α-hetero) is 1. The van der Waals surface area contributed by atoms with Crippen LogP contribution in [0.4, 0.5) is 0 Å². The number of ether oxygens (including phenoxy) is 2. The molecule has 0 bridgehead atoms. The van der Waals surface area contributed by atoms with Crippen molar-refractivity contribution in [3.8, 4) is 5.75 Å². The number of carbonyl (C=O) groups is 1. The Morgan fingerprint density at radius 3 is 2.52 bits per heavy atom. The van der Waals surface area contributed by atoms with E-state index in [1.165, 1.54) is 0 Å². The molecule has 2 aromatic rings. The minimum Gasteiger partial charge on any atom is -0.490 e. The third-order valence-electron chi connectivity index (χ3n) is 3.76. The number of benzene rings is 2. The number of aliphatic hydroxyl groups is 1. The molecule has 1 unspecified atom stereocenters. The summed E-state index contributed by atoms with van der Waals surface area (Å²) in [5, 5.41) is 9.88. The Morgan fingerprint density at radius 1 is 1.04 bits per heavy atom. The molecule has 134 valence electrons. The van der Waals surface area contributed by atoms with Crippen LogP contribution < -0.4 is 4.74 Å². The van der Waals surface area contributed by atoms with Crippen LogP contribution in [0.3, 0.4) is 0 Å². The summed E-state index contributed by atoms with van der Waals surface area (Å²) in [6.07, 6.45) is 1.32. The van der Waals surface area contributed by atoms with Gasteiger partial charge in [0.25, 0.3) is 0 Å². The number of ketones is 1. The van der Waals surface area contributed by atoms with Crippen LogP contribution in [-0.4, -0.2) is 36.8 Å². The van der Waals surface area contributed by atoms with E-state index >= 15 is 0 Å². The van der Waals surface area contributed by atoms with Crippen LogP contribution in [0.5, 0.6) is 5.75 Å². The Hall–Kier alpha value is -2.17. The quantitative estimate of drug-likeness (QED) is 0.500. The molecule has 25 heavy (non-hydrogen) atoms. The first-order valence-corrected chi connectivity index (χ1v) is 8.75. The molecule has 1 atom stereocenters. The van der Waals surface area contributed by atoms with E-state index in [9.17, 15) is 9.90 Å². The predicted molar refractivity (Wildman–Crippen MR) is 98.1 cm³/mol. The minimum absolute atomic E-state index is 0.0381. The van der Waals surface area contributed by atoms with Crippen molar-refractivity contribution >= 4 is 5.78 Å². The van der Waals surface area contributed by atoms with E-state index in [1.807, 2.05) is 49.4 Å². The van der Waals surface area contributed by atoms with Crippen LogP contribution in [0.1, 0.15) is 35.7 Å². The van der Waals surface area contributed by atoms with Gasteiger partial charge in [0.2, 0.25) is 0 Å². The first-order valence-electron chi connectivity index (χ1n) is 8.75. The highest BCUT2D eigenvalue weighted by Gasteiger charge is 2.14. The van der Waals surface area contributed by atoms with E-state index in [-0.39, 0.29) is 19.0 Å². The van der Waals surface area contributed by atoms with Gasteiger partial charge in [-0.05, 0) is 30.5 Å². The summed E-state index contributed by atoms with van der Waals surface area (Å²) >= 11 is 0. The van der Waals surface area contributed by atoms with Crippen LogP contribution in [0, 0.1) is 0 Å². The molecule has 4 nitrogen and oxygen atoms in total. The van der Waals surface area contributed by atoms with Crippen molar-refractivity contribution in [2.24, 2.45) is 0 Å². The third kappa shape index (κ3) is 6.69. The molecule has 0 spiro atoms. The second kappa shape index (κ2) is 10.6. The molecular formula is C21H26O4. The molecule has 0 aliphatic heterocycles. The molecule has 0 aliphatic rings. The summed E-state index contributed by atoms with van der Waals surface area (Å²) in [6, 6.07) is 17.1. The second-order valence-corrected chi connectivity index (χ2v) is 5.94. The summed E-state index contributed by atoms with van der Waals surface area (Å²) in [5.74, 6) is 0.547. The average molecular weight is 342 g/mol. The first-order chi connectivity index (χ1) is 12.2. The second-order valence-electron chi connectivity index (χ2n) is 5.94. The van der Waals surface area contributed by atoms with Gasteiger partial charge in [-0.15, -0.1) is 0 Å². The Labute approximate surface area is 149 Å². The van der Waals surface area contributed by atoms with Crippen molar-refractivity contribution in [1.29, 1.82) is 0 Å². The first kappa shape index (κ1) is 19.2. The zero-order chi connectivity index (χ0) is 17.9. The van der Waals surface area contributed by atoms with Crippen molar-refractivity contribution in [1.82, 2.24) is 0 Å². The van der Waals surface area contributed by atoms with Gasteiger partial charge < -0.3 is 14.6 Å². The van der Waals surface area contributed by atoms with E-state index in [4.69, 9.17) is 9.47 Å². The summed E-state index contributed by atoms with van der Waals surface area (Å²) in [6.45, 7) is 2.97. The molecule has 1 N–H and O–H groups in total. The summed E-state index contributed by atoms with van der Waals surface area (Å²) in [4.78, 5) is 12.5. The molecule has 0 aliphatic carbocycles. The molecule has 0 saturated heterocycles. The Kier molecular flexibility index (Phi) is 8.16. The van der Waals surface area contributed by atoms with Gasteiger partial charge in [-0.3, -0.25) is 4.79 Å². The van der Waals surface area contributed by atoms with Gasteiger partial charge in [-0.25, -0.2) is 0 Å². The van der Waals surface area contributed by atoms with Gasteiger partial charge >= 0.3 is 0 Å². The number of para-hydroxylation sites is 1. The van der Waals surface area contributed by atoms with Gasteiger partial charge in [-0.2, -0.15) is 0 Å². The van der Waals surface area contributed by atoms with Crippen molar-refractivity contribution in [3.63, 3.8) is 0 Å². The van der Waals surface area contributed by atoms with Crippen LogP contribution in [0.15, 0.2) is 54.6 Å². The third-order valence-corrected chi connectivity index (χ3v) is 3.76. The van der Waals surface area contributed by atoms with E-state index < -0.39 is 6.10 Å². The summed E-state index contributed by atoms with van der Waals surface area (Å²) < 4.78 is 11.0. The van der Waals surface area contributed by atoms with Gasteiger partial charge in [0, 0.05) is 13.0 Å². The fourth-order valence-corrected chi connectivity index (χ4v) is 2.46. The maximum absolute atomic E-state index is 12.5. The van der Waals surface area contributed by atoms with Crippen LogP contribution in [-0.2, 0) is 11.2 Å². The lowest BCUT2D eigenvalue weighted by molar-refractivity contribution is 0.0122.